The summed E-state index contributed by atoms with van der Waals surface area (Å²) >= 11 is 7.53. The molecule has 1 aliphatic heterocycles. The van der Waals surface area contributed by atoms with Gasteiger partial charge in [-0.1, -0.05) is 0 Å². The van der Waals surface area contributed by atoms with Gasteiger partial charge in [-0.3, -0.25) is 4.79 Å². The average Bonchev–Trinajstić information content (AvgIpc) is 2.50. The van der Waals surface area contributed by atoms with Gasteiger partial charge in [0, 0.05) is 18.3 Å². The highest BCUT2D eigenvalue weighted by atomic mass is 35.5. The molecule has 0 saturated carbocycles. The van der Waals surface area contributed by atoms with Crippen molar-refractivity contribution in [1.82, 2.24) is 4.90 Å². The second-order valence-corrected chi connectivity index (χ2v) is 4.84. The first-order valence-electron chi connectivity index (χ1n) is 4.10. The highest BCUT2D eigenvalue weighted by Crippen LogP contribution is 2.21. The van der Waals surface area contributed by atoms with Crippen LogP contribution in [0, 0.1) is 0 Å². The van der Waals surface area contributed by atoms with Crippen LogP contribution >= 0.6 is 23.4 Å². The molecule has 2 unspecified atom stereocenters. The van der Waals surface area contributed by atoms with Crippen LogP contribution in [0.5, 0.6) is 0 Å². The van der Waals surface area contributed by atoms with Crippen LogP contribution in [0.4, 0.5) is 0 Å². The third kappa shape index (κ3) is 2.30. The van der Waals surface area contributed by atoms with E-state index in [0.717, 1.165) is 19.5 Å². The fourth-order valence-corrected chi connectivity index (χ4v) is 2.18. The van der Waals surface area contributed by atoms with E-state index >= 15 is 0 Å². The fourth-order valence-electron chi connectivity index (χ4n) is 1.37. The molecule has 0 spiro atoms. The lowest BCUT2D eigenvalue weighted by Crippen LogP contribution is -2.34. The van der Waals surface area contributed by atoms with Crippen molar-refractivity contribution in [3.63, 3.8) is 0 Å². The molecule has 1 amide bonds. The van der Waals surface area contributed by atoms with Gasteiger partial charge in [0.2, 0.25) is 5.91 Å². The molecule has 1 heterocycles. The topological polar surface area (TPSA) is 20.3 Å². The summed E-state index contributed by atoms with van der Waals surface area (Å²) in [6.07, 6.45) is 3.19. The minimum absolute atomic E-state index is 0.0771. The molecule has 1 aliphatic rings. The largest absolute Gasteiger partial charge is 0.340 e. The Labute approximate surface area is 82.6 Å². The fraction of sp³-hybridized carbons (Fsp3) is 0.875. The third-order valence-electron chi connectivity index (χ3n) is 2.13. The molecule has 0 aromatic carbocycles. The monoisotopic (exact) mass is 207 g/mol. The van der Waals surface area contributed by atoms with E-state index in [1.54, 1.807) is 6.92 Å². The van der Waals surface area contributed by atoms with Crippen molar-refractivity contribution < 1.29 is 4.79 Å². The summed E-state index contributed by atoms with van der Waals surface area (Å²) in [6.45, 7) is 3.48. The zero-order chi connectivity index (χ0) is 9.14. The normalized spacial score (nSPS) is 25.9. The molecule has 2 nitrogen and oxygen atoms in total. The summed E-state index contributed by atoms with van der Waals surface area (Å²) in [5, 5.41) is 0.245. The Kier molecular flexibility index (Phi) is 3.72. The SMILES string of the molecule is CSC1CCN(C(=O)C(C)Cl)C1. The summed E-state index contributed by atoms with van der Waals surface area (Å²) in [7, 11) is 0. The minimum atomic E-state index is -0.370. The van der Waals surface area contributed by atoms with Crippen LogP contribution in [0.3, 0.4) is 0 Å². The number of hydrogen-bond donors (Lipinski definition) is 0. The Bertz CT molecular complexity index is 174. The summed E-state index contributed by atoms with van der Waals surface area (Å²) in [6, 6.07) is 0. The van der Waals surface area contributed by atoms with Gasteiger partial charge in [-0.2, -0.15) is 11.8 Å². The maximum absolute atomic E-state index is 11.4. The molecule has 1 rings (SSSR count). The van der Waals surface area contributed by atoms with Crippen LogP contribution in [0.25, 0.3) is 0 Å². The van der Waals surface area contributed by atoms with Gasteiger partial charge < -0.3 is 4.90 Å². The van der Waals surface area contributed by atoms with Crippen molar-refractivity contribution in [3.05, 3.63) is 0 Å². The number of hydrogen-bond acceptors (Lipinski definition) is 2. The zero-order valence-corrected chi connectivity index (χ0v) is 8.99. The maximum Gasteiger partial charge on any atom is 0.240 e. The van der Waals surface area contributed by atoms with Gasteiger partial charge >= 0.3 is 0 Å². The third-order valence-corrected chi connectivity index (χ3v) is 3.37. The number of halogens is 1. The van der Waals surface area contributed by atoms with E-state index in [2.05, 4.69) is 6.26 Å². The number of carbonyl (C=O) groups excluding carboxylic acids is 1. The number of alkyl halides is 1. The lowest BCUT2D eigenvalue weighted by atomic mass is 10.4. The molecule has 4 heteroatoms. The van der Waals surface area contributed by atoms with Gasteiger partial charge in [0.25, 0.3) is 0 Å². The number of amides is 1. The first-order chi connectivity index (χ1) is 5.65. The van der Waals surface area contributed by atoms with Crippen molar-refractivity contribution in [1.29, 1.82) is 0 Å². The molecule has 0 N–H and O–H groups in total. The van der Waals surface area contributed by atoms with Gasteiger partial charge in [-0.15, -0.1) is 11.6 Å². The Morgan fingerprint density at radius 1 is 1.75 bits per heavy atom. The molecule has 0 radical (unpaired) electrons. The number of carbonyl (C=O) groups is 1. The highest BCUT2D eigenvalue weighted by Gasteiger charge is 2.27. The molecular formula is C8H14ClNOS. The minimum Gasteiger partial charge on any atom is -0.340 e. The van der Waals surface area contributed by atoms with Gasteiger partial charge in [-0.25, -0.2) is 0 Å². The van der Waals surface area contributed by atoms with Crippen LogP contribution in [-0.2, 0) is 4.79 Å². The number of rotatable bonds is 2. The van der Waals surface area contributed by atoms with Crippen LogP contribution < -0.4 is 0 Å². The Morgan fingerprint density at radius 2 is 2.42 bits per heavy atom. The van der Waals surface area contributed by atoms with E-state index in [1.165, 1.54) is 0 Å². The number of likely N-dealkylation sites (tertiary alicyclic amines) is 1. The van der Waals surface area contributed by atoms with Crippen molar-refractivity contribution in [2.75, 3.05) is 19.3 Å². The first kappa shape index (κ1) is 10.2. The van der Waals surface area contributed by atoms with Crippen molar-refractivity contribution in [3.8, 4) is 0 Å². The number of nitrogens with zero attached hydrogens (tertiary/aromatic N) is 1. The molecule has 1 saturated heterocycles. The van der Waals surface area contributed by atoms with Gasteiger partial charge in [0.05, 0.1) is 0 Å². The maximum atomic E-state index is 11.4. The molecule has 0 aromatic rings. The van der Waals surface area contributed by atoms with Crippen molar-refractivity contribution in [2.45, 2.75) is 24.0 Å². The second-order valence-electron chi connectivity index (χ2n) is 3.05. The summed E-state index contributed by atoms with van der Waals surface area (Å²) in [5.41, 5.74) is 0. The Morgan fingerprint density at radius 3 is 2.83 bits per heavy atom. The summed E-state index contributed by atoms with van der Waals surface area (Å²) < 4.78 is 0. The van der Waals surface area contributed by atoms with Gasteiger partial charge in [-0.05, 0) is 19.6 Å². The predicted molar refractivity (Wildman–Crippen MR) is 53.8 cm³/mol. The summed E-state index contributed by atoms with van der Waals surface area (Å²) in [4.78, 5) is 13.3. The molecule has 1 fully saturated rings. The van der Waals surface area contributed by atoms with E-state index in [0.29, 0.717) is 5.25 Å². The zero-order valence-electron chi connectivity index (χ0n) is 7.42. The van der Waals surface area contributed by atoms with Crippen LogP contribution in [-0.4, -0.2) is 40.8 Å². The quantitative estimate of drug-likeness (QED) is 0.641. The molecule has 0 aliphatic carbocycles. The van der Waals surface area contributed by atoms with E-state index in [-0.39, 0.29) is 11.3 Å². The van der Waals surface area contributed by atoms with E-state index in [1.807, 2.05) is 16.7 Å². The lowest BCUT2D eigenvalue weighted by molar-refractivity contribution is -0.129. The van der Waals surface area contributed by atoms with Crippen molar-refractivity contribution >= 4 is 29.3 Å². The van der Waals surface area contributed by atoms with E-state index in [4.69, 9.17) is 11.6 Å². The Hall–Kier alpha value is 0.110. The first-order valence-corrected chi connectivity index (χ1v) is 5.83. The molecule has 0 aromatic heterocycles. The molecule has 2 atom stereocenters. The smallest absolute Gasteiger partial charge is 0.240 e. The van der Waals surface area contributed by atoms with E-state index in [9.17, 15) is 4.79 Å². The Balaban J connectivity index is 2.41. The lowest BCUT2D eigenvalue weighted by Gasteiger charge is -2.17. The standard InChI is InChI=1S/C8H14ClNOS/c1-6(9)8(11)10-4-3-7(5-10)12-2/h6-7H,3-5H2,1-2H3. The van der Waals surface area contributed by atoms with E-state index < -0.39 is 0 Å². The molecule has 70 valence electrons. The highest BCUT2D eigenvalue weighted by molar-refractivity contribution is 7.99. The molecule has 0 bridgehead atoms. The number of thioether (sulfide) groups is 1. The van der Waals surface area contributed by atoms with Gasteiger partial charge in [0.1, 0.15) is 5.38 Å². The van der Waals surface area contributed by atoms with Crippen LogP contribution in [0.15, 0.2) is 0 Å². The second kappa shape index (κ2) is 4.38. The molecular weight excluding hydrogens is 194 g/mol. The average molecular weight is 208 g/mol. The van der Waals surface area contributed by atoms with Gasteiger partial charge in [0.15, 0.2) is 0 Å². The van der Waals surface area contributed by atoms with Crippen LogP contribution in [0.2, 0.25) is 0 Å². The predicted octanol–water partition coefficient (Wildman–Crippen LogP) is 1.58. The van der Waals surface area contributed by atoms with Crippen LogP contribution in [0.1, 0.15) is 13.3 Å². The summed E-state index contributed by atoms with van der Waals surface area (Å²) in [5.74, 6) is 0.0771. The molecule has 12 heavy (non-hydrogen) atoms. The van der Waals surface area contributed by atoms with Crippen molar-refractivity contribution in [2.24, 2.45) is 0 Å².